The average molecular weight is 289 g/mol. The van der Waals surface area contributed by atoms with Crippen LogP contribution in [0, 0.1) is 0 Å². The third-order valence-electron chi connectivity index (χ3n) is 2.95. The summed E-state index contributed by atoms with van der Waals surface area (Å²) >= 11 is 11.6. The Labute approximate surface area is 116 Å². The fourth-order valence-corrected chi connectivity index (χ4v) is 2.24. The van der Waals surface area contributed by atoms with Crippen LogP contribution in [-0.2, 0) is 4.74 Å². The van der Waals surface area contributed by atoms with E-state index in [4.69, 9.17) is 27.9 Å². The monoisotopic (exact) mass is 288 g/mol. The van der Waals surface area contributed by atoms with Crippen molar-refractivity contribution in [3.63, 3.8) is 0 Å². The van der Waals surface area contributed by atoms with Crippen molar-refractivity contribution < 1.29 is 9.53 Å². The zero-order chi connectivity index (χ0) is 13.2. The van der Waals surface area contributed by atoms with Crippen LogP contribution in [0.25, 0.3) is 0 Å². The number of hydrogen-bond donors (Lipinski definition) is 1. The van der Waals surface area contributed by atoms with E-state index in [1.54, 1.807) is 12.1 Å². The van der Waals surface area contributed by atoms with Crippen molar-refractivity contribution in [2.45, 2.75) is 25.4 Å². The molecule has 0 saturated carbocycles. The predicted octanol–water partition coefficient (Wildman–Crippen LogP) is 2.69. The molecule has 1 amide bonds. The summed E-state index contributed by atoms with van der Waals surface area (Å²) in [5, 5.41) is 3.31. The Morgan fingerprint density at radius 1 is 1.56 bits per heavy atom. The number of carbonyl (C=O) groups excluding carboxylic acids is 1. The van der Waals surface area contributed by atoms with Crippen LogP contribution in [0.4, 0.5) is 0 Å². The standard InChI is InChI=1S/C12H14Cl2N2O2/c1-12(5-2-6-18-12)7-15-11(17)10-8(13)3-4-9(14)16-10/h3-4H,2,5-7H2,1H3,(H,15,17). The lowest BCUT2D eigenvalue weighted by atomic mass is 10.0. The highest BCUT2D eigenvalue weighted by Gasteiger charge is 2.30. The SMILES string of the molecule is CC1(CNC(=O)c2nc(Cl)ccc2Cl)CCCO1. The Hall–Kier alpha value is -0.840. The summed E-state index contributed by atoms with van der Waals surface area (Å²) in [6, 6.07) is 3.10. The van der Waals surface area contributed by atoms with Gasteiger partial charge in [-0.3, -0.25) is 4.79 Å². The Morgan fingerprint density at radius 2 is 2.33 bits per heavy atom. The molecule has 0 radical (unpaired) electrons. The Bertz CT molecular complexity index is 459. The molecule has 2 heterocycles. The Kier molecular flexibility index (Phi) is 4.10. The van der Waals surface area contributed by atoms with E-state index in [0.717, 1.165) is 19.4 Å². The first-order valence-electron chi connectivity index (χ1n) is 5.74. The molecule has 1 aromatic heterocycles. The van der Waals surface area contributed by atoms with E-state index in [9.17, 15) is 4.79 Å². The smallest absolute Gasteiger partial charge is 0.271 e. The van der Waals surface area contributed by atoms with E-state index in [-0.39, 0.29) is 27.4 Å². The molecule has 0 spiro atoms. The van der Waals surface area contributed by atoms with Gasteiger partial charge in [-0.2, -0.15) is 0 Å². The first kappa shape index (κ1) is 13.6. The second-order valence-electron chi connectivity index (χ2n) is 4.55. The molecule has 98 valence electrons. The van der Waals surface area contributed by atoms with Gasteiger partial charge in [-0.1, -0.05) is 23.2 Å². The zero-order valence-electron chi connectivity index (χ0n) is 10.0. The molecule has 1 saturated heterocycles. The minimum atomic E-state index is -0.334. The van der Waals surface area contributed by atoms with Crippen molar-refractivity contribution in [1.29, 1.82) is 0 Å². The van der Waals surface area contributed by atoms with Crippen molar-refractivity contribution in [3.8, 4) is 0 Å². The molecule has 6 heteroatoms. The van der Waals surface area contributed by atoms with E-state index in [2.05, 4.69) is 10.3 Å². The molecule has 1 aromatic rings. The molecule has 2 rings (SSSR count). The van der Waals surface area contributed by atoms with E-state index in [1.807, 2.05) is 6.92 Å². The topological polar surface area (TPSA) is 51.2 Å². The van der Waals surface area contributed by atoms with Gasteiger partial charge in [0.15, 0.2) is 0 Å². The quantitative estimate of drug-likeness (QED) is 0.870. The van der Waals surface area contributed by atoms with Gasteiger partial charge in [-0.05, 0) is 31.9 Å². The number of nitrogens with one attached hydrogen (secondary N) is 1. The highest BCUT2D eigenvalue weighted by atomic mass is 35.5. The molecule has 0 aromatic carbocycles. The lowest BCUT2D eigenvalue weighted by molar-refractivity contribution is 0.0205. The molecule has 4 nitrogen and oxygen atoms in total. The van der Waals surface area contributed by atoms with Gasteiger partial charge in [0.1, 0.15) is 10.8 Å². The molecule has 1 atom stereocenters. The second kappa shape index (κ2) is 5.43. The third-order valence-corrected chi connectivity index (χ3v) is 3.47. The number of aromatic nitrogens is 1. The summed E-state index contributed by atoms with van der Waals surface area (Å²) in [7, 11) is 0. The van der Waals surface area contributed by atoms with Gasteiger partial charge in [0.05, 0.1) is 10.6 Å². The zero-order valence-corrected chi connectivity index (χ0v) is 11.5. The number of halogens is 2. The normalized spacial score (nSPS) is 23.1. The first-order valence-corrected chi connectivity index (χ1v) is 6.50. The van der Waals surface area contributed by atoms with Crippen LogP contribution < -0.4 is 5.32 Å². The number of ether oxygens (including phenoxy) is 1. The van der Waals surface area contributed by atoms with Crippen LogP contribution in [0.2, 0.25) is 10.2 Å². The van der Waals surface area contributed by atoms with Crippen molar-refractivity contribution in [2.24, 2.45) is 0 Å². The fourth-order valence-electron chi connectivity index (χ4n) is 1.90. The summed E-state index contributed by atoms with van der Waals surface area (Å²) in [6.45, 7) is 3.16. The van der Waals surface area contributed by atoms with Crippen LogP contribution in [0.15, 0.2) is 12.1 Å². The highest BCUT2D eigenvalue weighted by Crippen LogP contribution is 2.24. The van der Waals surface area contributed by atoms with E-state index >= 15 is 0 Å². The van der Waals surface area contributed by atoms with Gasteiger partial charge in [-0.25, -0.2) is 4.98 Å². The van der Waals surface area contributed by atoms with Gasteiger partial charge < -0.3 is 10.1 Å². The summed E-state index contributed by atoms with van der Waals surface area (Å²) in [6.07, 6.45) is 1.95. The summed E-state index contributed by atoms with van der Waals surface area (Å²) in [5.74, 6) is -0.334. The highest BCUT2D eigenvalue weighted by molar-refractivity contribution is 6.34. The molecule has 1 aliphatic heterocycles. The maximum Gasteiger partial charge on any atom is 0.271 e. The van der Waals surface area contributed by atoms with Crippen LogP contribution in [0.3, 0.4) is 0 Å². The van der Waals surface area contributed by atoms with Crippen LogP contribution in [0.5, 0.6) is 0 Å². The number of amides is 1. The maximum atomic E-state index is 11.9. The van der Waals surface area contributed by atoms with E-state index in [1.165, 1.54) is 0 Å². The molecule has 18 heavy (non-hydrogen) atoms. The van der Waals surface area contributed by atoms with Crippen molar-refractivity contribution in [2.75, 3.05) is 13.2 Å². The van der Waals surface area contributed by atoms with Crippen LogP contribution in [-0.4, -0.2) is 29.6 Å². The number of hydrogen-bond acceptors (Lipinski definition) is 3. The number of pyridine rings is 1. The van der Waals surface area contributed by atoms with Gasteiger partial charge >= 0.3 is 0 Å². The molecule has 0 aliphatic carbocycles. The number of rotatable bonds is 3. The van der Waals surface area contributed by atoms with Crippen molar-refractivity contribution in [3.05, 3.63) is 28.0 Å². The number of carbonyl (C=O) groups is 1. The Morgan fingerprint density at radius 3 is 3.00 bits per heavy atom. The number of nitrogens with zero attached hydrogens (tertiary/aromatic N) is 1. The minimum absolute atomic E-state index is 0.144. The van der Waals surface area contributed by atoms with Gasteiger partial charge in [0.25, 0.3) is 5.91 Å². The van der Waals surface area contributed by atoms with Gasteiger partial charge in [0, 0.05) is 13.2 Å². The second-order valence-corrected chi connectivity index (χ2v) is 5.34. The summed E-state index contributed by atoms with van der Waals surface area (Å²) in [4.78, 5) is 15.9. The van der Waals surface area contributed by atoms with Crippen molar-refractivity contribution in [1.82, 2.24) is 10.3 Å². The maximum absolute atomic E-state index is 11.9. The van der Waals surface area contributed by atoms with Crippen LogP contribution >= 0.6 is 23.2 Å². The molecule has 1 aliphatic rings. The van der Waals surface area contributed by atoms with E-state index < -0.39 is 0 Å². The summed E-state index contributed by atoms with van der Waals surface area (Å²) < 4.78 is 5.59. The molecule has 1 fully saturated rings. The minimum Gasteiger partial charge on any atom is -0.373 e. The lowest BCUT2D eigenvalue weighted by Gasteiger charge is -2.23. The molecule has 0 bridgehead atoms. The average Bonchev–Trinajstić information content (AvgIpc) is 2.77. The molecular weight excluding hydrogens is 275 g/mol. The van der Waals surface area contributed by atoms with E-state index in [0.29, 0.717) is 6.54 Å². The largest absolute Gasteiger partial charge is 0.373 e. The lowest BCUT2D eigenvalue weighted by Crippen LogP contribution is -2.40. The van der Waals surface area contributed by atoms with Gasteiger partial charge in [-0.15, -0.1) is 0 Å². The first-order chi connectivity index (χ1) is 8.50. The predicted molar refractivity (Wildman–Crippen MR) is 70.2 cm³/mol. The molecular formula is C12H14Cl2N2O2. The van der Waals surface area contributed by atoms with Crippen LogP contribution in [0.1, 0.15) is 30.3 Å². The van der Waals surface area contributed by atoms with Crippen molar-refractivity contribution >= 4 is 29.1 Å². The molecule has 1 unspecified atom stereocenters. The third kappa shape index (κ3) is 3.13. The molecule has 1 N–H and O–H groups in total. The van der Waals surface area contributed by atoms with Gasteiger partial charge in [0.2, 0.25) is 0 Å². The summed E-state index contributed by atoms with van der Waals surface area (Å²) in [5.41, 5.74) is -0.147. The fraction of sp³-hybridized carbons (Fsp3) is 0.500. The Balaban J connectivity index is 2.01.